The predicted octanol–water partition coefficient (Wildman–Crippen LogP) is 1.41. The Bertz CT molecular complexity index is 315. The van der Waals surface area contributed by atoms with Gasteiger partial charge in [-0.3, -0.25) is 0 Å². The minimum atomic E-state index is 0.632. The molecule has 0 bridgehead atoms. The number of nitriles is 1. The van der Waals surface area contributed by atoms with E-state index in [1.54, 1.807) is 7.11 Å². The smallest absolute Gasteiger partial charge is 0.120 e. The quantitative estimate of drug-likeness (QED) is 0.636. The van der Waals surface area contributed by atoms with Crippen LogP contribution in [0.3, 0.4) is 0 Å². The summed E-state index contributed by atoms with van der Waals surface area (Å²) in [4.78, 5) is 0. The molecular formula is C11H16N2O2. The van der Waals surface area contributed by atoms with E-state index in [0.717, 1.165) is 13.0 Å². The maximum absolute atomic E-state index is 8.76. The van der Waals surface area contributed by atoms with Gasteiger partial charge in [-0.25, -0.2) is 0 Å². The van der Waals surface area contributed by atoms with E-state index in [1.807, 2.05) is 22.9 Å². The van der Waals surface area contributed by atoms with Gasteiger partial charge in [-0.15, -0.1) is 0 Å². The van der Waals surface area contributed by atoms with Crippen molar-refractivity contribution in [3.8, 4) is 6.07 Å². The van der Waals surface area contributed by atoms with Crippen LogP contribution in [-0.4, -0.2) is 31.5 Å². The zero-order chi connectivity index (χ0) is 10.9. The molecule has 0 saturated heterocycles. The van der Waals surface area contributed by atoms with Crippen LogP contribution in [0.25, 0.3) is 0 Å². The van der Waals surface area contributed by atoms with E-state index in [9.17, 15) is 0 Å². The highest BCUT2D eigenvalue weighted by molar-refractivity contribution is 5.21. The summed E-state index contributed by atoms with van der Waals surface area (Å²) in [5.41, 5.74) is 0.701. The molecule has 1 aromatic rings. The number of nitrogens with zero attached hydrogens (tertiary/aromatic N) is 2. The lowest BCUT2D eigenvalue weighted by molar-refractivity contribution is 0.0680. The minimum Gasteiger partial charge on any atom is -0.382 e. The van der Waals surface area contributed by atoms with E-state index in [0.29, 0.717) is 25.5 Å². The number of ether oxygens (including phenoxy) is 2. The summed E-state index contributed by atoms with van der Waals surface area (Å²) in [7, 11) is 1.66. The average molecular weight is 208 g/mol. The summed E-state index contributed by atoms with van der Waals surface area (Å²) in [6.45, 7) is 2.79. The van der Waals surface area contributed by atoms with Gasteiger partial charge in [0.2, 0.25) is 0 Å². The van der Waals surface area contributed by atoms with Crippen LogP contribution in [0.2, 0.25) is 0 Å². The van der Waals surface area contributed by atoms with Gasteiger partial charge >= 0.3 is 0 Å². The van der Waals surface area contributed by atoms with Crippen LogP contribution in [0.5, 0.6) is 0 Å². The summed E-state index contributed by atoms with van der Waals surface area (Å²) in [5, 5.41) is 8.76. The summed E-state index contributed by atoms with van der Waals surface area (Å²) >= 11 is 0. The first kappa shape index (κ1) is 11.8. The van der Waals surface area contributed by atoms with Crippen molar-refractivity contribution in [2.24, 2.45) is 0 Å². The van der Waals surface area contributed by atoms with Gasteiger partial charge in [0.1, 0.15) is 11.8 Å². The van der Waals surface area contributed by atoms with Gasteiger partial charge in [-0.2, -0.15) is 5.26 Å². The maximum atomic E-state index is 8.76. The number of methoxy groups -OCH3 is 1. The molecule has 1 rings (SSSR count). The monoisotopic (exact) mass is 208 g/mol. The lowest BCUT2D eigenvalue weighted by Gasteiger charge is -2.05. The zero-order valence-electron chi connectivity index (χ0n) is 8.98. The summed E-state index contributed by atoms with van der Waals surface area (Å²) in [6.07, 6.45) is 2.82. The molecular weight excluding hydrogens is 192 g/mol. The molecule has 0 N–H and O–H groups in total. The highest BCUT2D eigenvalue weighted by Gasteiger charge is 1.98. The second-order valence-electron chi connectivity index (χ2n) is 3.16. The fourth-order valence-electron chi connectivity index (χ4n) is 1.29. The molecule has 15 heavy (non-hydrogen) atoms. The second kappa shape index (κ2) is 7.04. The molecule has 0 unspecified atom stereocenters. The van der Waals surface area contributed by atoms with Crippen molar-refractivity contribution in [3.63, 3.8) is 0 Å². The number of aromatic nitrogens is 1. The molecule has 0 radical (unpaired) electrons. The maximum Gasteiger partial charge on any atom is 0.120 e. The van der Waals surface area contributed by atoms with Crippen molar-refractivity contribution in [2.45, 2.75) is 13.0 Å². The molecule has 1 heterocycles. The molecule has 0 atom stereocenters. The molecule has 0 aliphatic carbocycles. The lowest BCUT2D eigenvalue weighted by Crippen LogP contribution is -2.06. The fraction of sp³-hybridized carbons (Fsp3) is 0.545. The highest BCUT2D eigenvalue weighted by atomic mass is 16.5. The SMILES string of the molecule is COCCOCCCn1cccc1C#N. The zero-order valence-corrected chi connectivity index (χ0v) is 8.98. The minimum absolute atomic E-state index is 0.632. The van der Waals surface area contributed by atoms with Crippen LogP contribution in [-0.2, 0) is 16.0 Å². The van der Waals surface area contributed by atoms with E-state index >= 15 is 0 Å². The van der Waals surface area contributed by atoms with Gasteiger partial charge in [0.05, 0.1) is 13.2 Å². The van der Waals surface area contributed by atoms with Crippen molar-refractivity contribution in [2.75, 3.05) is 26.9 Å². The van der Waals surface area contributed by atoms with Gasteiger partial charge in [-0.1, -0.05) is 0 Å². The van der Waals surface area contributed by atoms with E-state index < -0.39 is 0 Å². The fourth-order valence-corrected chi connectivity index (χ4v) is 1.29. The Balaban J connectivity index is 2.13. The molecule has 0 aliphatic heterocycles. The number of hydrogen-bond donors (Lipinski definition) is 0. The van der Waals surface area contributed by atoms with Crippen molar-refractivity contribution >= 4 is 0 Å². The van der Waals surface area contributed by atoms with Gasteiger partial charge in [0.25, 0.3) is 0 Å². The second-order valence-corrected chi connectivity index (χ2v) is 3.16. The van der Waals surface area contributed by atoms with E-state index in [4.69, 9.17) is 14.7 Å². The van der Waals surface area contributed by atoms with Crippen molar-refractivity contribution in [3.05, 3.63) is 24.0 Å². The average Bonchev–Trinajstić information content (AvgIpc) is 2.70. The van der Waals surface area contributed by atoms with Crippen molar-refractivity contribution in [1.82, 2.24) is 4.57 Å². The Morgan fingerprint density at radius 1 is 1.40 bits per heavy atom. The molecule has 0 spiro atoms. The number of hydrogen-bond acceptors (Lipinski definition) is 3. The van der Waals surface area contributed by atoms with Crippen molar-refractivity contribution in [1.29, 1.82) is 5.26 Å². The van der Waals surface area contributed by atoms with Gasteiger partial charge in [0, 0.05) is 26.5 Å². The Morgan fingerprint density at radius 3 is 3.00 bits per heavy atom. The molecule has 0 saturated carbocycles. The third-order valence-electron chi connectivity index (χ3n) is 2.06. The van der Waals surface area contributed by atoms with E-state index in [1.165, 1.54) is 0 Å². The van der Waals surface area contributed by atoms with Crippen LogP contribution in [0.1, 0.15) is 12.1 Å². The highest BCUT2D eigenvalue weighted by Crippen LogP contribution is 2.01. The van der Waals surface area contributed by atoms with Crippen LogP contribution in [0.15, 0.2) is 18.3 Å². The van der Waals surface area contributed by atoms with Gasteiger partial charge < -0.3 is 14.0 Å². The first-order valence-electron chi connectivity index (χ1n) is 5.00. The van der Waals surface area contributed by atoms with Crippen LogP contribution in [0.4, 0.5) is 0 Å². The van der Waals surface area contributed by atoms with Gasteiger partial charge in [0.15, 0.2) is 0 Å². The Kier molecular flexibility index (Phi) is 5.52. The normalized spacial score (nSPS) is 10.1. The summed E-state index contributed by atoms with van der Waals surface area (Å²) < 4.78 is 12.1. The number of aryl methyl sites for hydroxylation is 1. The van der Waals surface area contributed by atoms with Gasteiger partial charge in [-0.05, 0) is 18.6 Å². The summed E-state index contributed by atoms with van der Waals surface area (Å²) in [5.74, 6) is 0. The molecule has 0 aliphatic rings. The predicted molar refractivity (Wildman–Crippen MR) is 56.5 cm³/mol. The first-order chi connectivity index (χ1) is 7.38. The molecule has 82 valence electrons. The molecule has 4 heteroatoms. The molecule has 0 fully saturated rings. The standard InChI is InChI=1S/C11H16N2O2/c1-14-8-9-15-7-3-6-13-5-2-4-11(13)10-12/h2,4-5H,3,6-9H2,1H3. The largest absolute Gasteiger partial charge is 0.382 e. The molecule has 0 amide bonds. The molecule has 0 aromatic carbocycles. The third kappa shape index (κ3) is 4.15. The lowest BCUT2D eigenvalue weighted by atomic mass is 10.4. The third-order valence-corrected chi connectivity index (χ3v) is 2.06. The Morgan fingerprint density at radius 2 is 2.27 bits per heavy atom. The molecule has 1 aromatic heterocycles. The first-order valence-corrected chi connectivity index (χ1v) is 5.00. The van der Waals surface area contributed by atoms with Crippen LogP contribution < -0.4 is 0 Å². The van der Waals surface area contributed by atoms with E-state index in [2.05, 4.69) is 6.07 Å². The van der Waals surface area contributed by atoms with E-state index in [-0.39, 0.29) is 0 Å². The van der Waals surface area contributed by atoms with Crippen molar-refractivity contribution < 1.29 is 9.47 Å². The molecule has 4 nitrogen and oxygen atoms in total. The number of rotatable bonds is 7. The Hall–Kier alpha value is -1.31. The Labute approximate surface area is 90.0 Å². The van der Waals surface area contributed by atoms with Crippen LogP contribution >= 0.6 is 0 Å². The summed E-state index contributed by atoms with van der Waals surface area (Å²) in [6, 6.07) is 5.83. The van der Waals surface area contributed by atoms with Crippen LogP contribution in [0, 0.1) is 11.3 Å². The topological polar surface area (TPSA) is 47.2 Å².